The highest BCUT2D eigenvalue weighted by molar-refractivity contribution is 7.99. The Labute approximate surface area is 130 Å². The summed E-state index contributed by atoms with van der Waals surface area (Å²) in [5.74, 6) is 0.437. The molecular formula is C16H11FN4S. The Kier molecular flexibility index (Phi) is 3.23. The highest BCUT2D eigenvalue weighted by atomic mass is 32.2. The molecule has 0 aliphatic carbocycles. The maximum Gasteiger partial charge on any atom is 0.178 e. The van der Waals surface area contributed by atoms with E-state index in [1.807, 2.05) is 6.08 Å². The number of tetrazole rings is 1. The van der Waals surface area contributed by atoms with Gasteiger partial charge in [0.1, 0.15) is 5.82 Å². The van der Waals surface area contributed by atoms with E-state index >= 15 is 0 Å². The number of hydrogen-bond acceptors (Lipinski definition) is 4. The molecule has 0 saturated heterocycles. The lowest BCUT2D eigenvalue weighted by Gasteiger charge is -2.07. The van der Waals surface area contributed by atoms with Crippen LogP contribution in [0.25, 0.3) is 12.2 Å². The van der Waals surface area contributed by atoms with Crippen molar-refractivity contribution in [1.29, 1.82) is 0 Å². The fourth-order valence-electron chi connectivity index (χ4n) is 2.39. The molecule has 0 fully saturated rings. The van der Waals surface area contributed by atoms with Crippen molar-refractivity contribution in [2.24, 2.45) is 0 Å². The molecule has 0 bridgehead atoms. The number of hydrogen-bond donors (Lipinski definition) is 1. The quantitative estimate of drug-likeness (QED) is 0.615. The Bertz CT molecular complexity index is 859. The van der Waals surface area contributed by atoms with E-state index in [1.165, 1.54) is 6.07 Å². The van der Waals surface area contributed by atoms with Crippen LogP contribution in [-0.2, 0) is 6.42 Å². The van der Waals surface area contributed by atoms with Crippen molar-refractivity contribution >= 4 is 23.9 Å². The number of nitrogens with one attached hydrogen (secondary N) is 1. The summed E-state index contributed by atoms with van der Waals surface area (Å²) in [6.07, 6.45) is 4.70. The smallest absolute Gasteiger partial charge is 0.178 e. The van der Waals surface area contributed by atoms with Crippen LogP contribution in [0.5, 0.6) is 0 Å². The second kappa shape index (κ2) is 5.38. The zero-order valence-corrected chi connectivity index (χ0v) is 12.3. The van der Waals surface area contributed by atoms with Gasteiger partial charge in [-0.3, -0.25) is 0 Å². The minimum Gasteiger partial charge on any atom is -0.207 e. The summed E-state index contributed by atoms with van der Waals surface area (Å²) in [4.78, 5) is 2.02. The molecule has 2 heterocycles. The second-order valence-corrected chi connectivity index (χ2v) is 6.08. The third-order valence-electron chi connectivity index (χ3n) is 3.47. The van der Waals surface area contributed by atoms with Crippen molar-refractivity contribution in [2.75, 3.05) is 0 Å². The molecular weight excluding hydrogens is 299 g/mol. The van der Waals surface area contributed by atoms with Crippen molar-refractivity contribution in [3.8, 4) is 0 Å². The Morgan fingerprint density at radius 1 is 1.00 bits per heavy atom. The van der Waals surface area contributed by atoms with Crippen LogP contribution in [0, 0.1) is 5.82 Å². The van der Waals surface area contributed by atoms with Gasteiger partial charge in [-0.2, -0.15) is 5.21 Å². The molecule has 0 radical (unpaired) electrons. The third kappa shape index (κ3) is 2.53. The minimum atomic E-state index is -0.217. The summed E-state index contributed by atoms with van der Waals surface area (Å²) in [5.41, 5.74) is 3.25. The zero-order valence-electron chi connectivity index (χ0n) is 11.5. The molecule has 108 valence electrons. The number of rotatable bonds is 2. The molecule has 4 rings (SSSR count). The number of aromatic nitrogens is 4. The number of nitrogens with zero attached hydrogens (tertiary/aromatic N) is 3. The standard InChI is InChI=1S/C16H11FN4S/c17-13-6-5-12-4-3-11-2-1-10(8-16-18-20-21-19-16)7-14(11)22-15(12)9-13/h1-7,9H,8H2,(H,18,19,20,21). The lowest BCUT2D eigenvalue weighted by Crippen LogP contribution is -1.92. The second-order valence-electron chi connectivity index (χ2n) is 4.99. The average molecular weight is 310 g/mol. The third-order valence-corrected chi connectivity index (χ3v) is 4.61. The van der Waals surface area contributed by atoms with Crippen molar-refractivity contribution < 1.29 is 4.39 Å². The van der Waals surface area contributed by atoms with Crippen LogP contribution >= 0.6 is 11.8 Å². The molecule has 0 saturated carbocycles. The van der Waals surface area contributed by atoms with Gasteiger partial charge in [0.15, 0.2) is 5.82 Å². The Balaban J connectivity index is 1.71. The van der Waals surface area contributed by atoms with E-state index in [1.54, 1.807) is 23.9 Å². The van der Waals surface area contributed by atoms with Gasteiger partial charge >= 0.3 is 0 Å². The monoisotopic (exact) mass is 310 g/mol. The molecule has 0 spiro atoms. The molecule has 1 aromatic heterocycles. The Hall–Kier alpha value is -2.47. The highest BCUT2D eigenvalue weighted by Gasteiger charge is 2.12. The van der Waals surface area contributed by atoms with E-state index in [0.29, 0.717) is 12.2 Å². The van der Waals surface area contributed by atoms with Gasteiger partial charge in [0.2, 0.25) is 0 Å². The topological polar surface area (TPSA) is 54.5 Å². The van der Waals surface area contributed by atoms with Gasteiger partial charge in [0.25, 0.3) is 0 Å². The first-order valence-corrected chi connectivity index (χ1v) is 7.60. The fourth-order valence-corrected chi connectivity index (χ4v) is 3.51. The normalized spacial score (nSPS) is 12.6. The van der Waals surface area contributed by atoms with Gasteiger partial charge in [-0.15, -0.1) is 10.2 Å². The zero-order chi connectivity index (χ0) is 14.9. The summed E-state index contributed by atoms with van der Waals surface area (Å²) < 4.78 is 13.5. The summed E-state index contributed by atoms with van der Waals surface area (Å²) >= 11 is 1.58. The number of fused-ring (bicyclic) bond motifs is 2. The van der Waals surface area contributed by atoms with Crippen molar-refractivity contribution in [3.05, 3.63) is 64.7 Å². The minimum absolute atomic E-state index is 0.217. The van der Waals surface area contributed by atoms with Crippen molar-refractivity contribution in [1.82, 2.24) is 20.6 Å². The Morgan fingerprint density at radius 2 is 1.77 bits per heavy atom. The summed E-state index contributed by atoms with van der Waals surface area (Å²) in [6, 6.07) is 11.1. The van der Waals surface area contributed by atoms with Gasteiger partial charge in [-0.1, -0.05) is 47.3 Å². The molecule has 22 heavy (non-hydrogen) atoms. The van der Waals surface area contributed by atoms with Crippen molar-refractivity contribution in [2.45, 2.75) is 16.2 Å². The van der Waals surface area contributed by atoms with Crippen LogP contribution in [0.4, 0.5) is 4.39 Å². The first-order chi connectivity index (χ1) is 10.8. The van der Waals surface area contributed by atoms with E-state index in [9.17, 15) is 4.39 Å². The molecule has 6 heteroatoms. The highest BCUT2D eigenvalue weighted by Crippen LogP contribution is 2.38. The molecule has 3 aromatic rings. The summed E-state index contributed by atoms with van der Waals surface area (Å²) in [5, 5.41) is 14.0. The lowest BCUT2D eigenvalue weighted by molar-refractivity contribution is 0.624. The van der Waals surface area contributed by atoms with Gasteiger partial charge in [-0.25, -0.2) is 4.39 Å². The van der Waals surface area contributed by atoms with E-state index in [4.69, 9.17) is 0 Å². The van der Waals surface area contributed by atoms with E-state index in [-0.39, 0.29) is 5.82 Å². The van der Waals surface area contributed by atoms with E-state index in [0.717, 1.165) is 26.5 Å². The largest absolute Gasteiger partial charge is 0.207 e. The van der Waals surface area contributed by atoms with Crippen molar-refractivity contribution in [3.63, 3.8) is 0 Å². The summed E-state index contributed by atoms with van der Waals surface area (Å²) in [6.45, 7) is 0. The van der Waals surface area contributed by atoms with Crippen LogP contribution in [-0.4, -0.2) is 20.6 Å². The first-order valence-electron chi connectivity index (χ1n) is 6.79. The molecule has 1 aliphatic rings. The summed E-state index contributed by atoms with van der Waals surface area (Å²) in [7, 11) is 0. The van der Waals surface area contributed by atoms with E-state index < -0.39 is 0 Å². The molecule has 0 amide bonds. The van der Waals surface area contributed by atoms with Crippen LogP contribution < -0.4 is 0 Å². The maximum atomic E-state index is 13.5. The number of H-pyrrole nitrogens is 1. The SMILES string of the molecule is Fc1ccc2c(c1)Sc1cc(Cc3nn[nH]n3)ccc1C=C2. The van der Waals surface area contributed by atoms with Crippen LogP contribution in [0.15, 0.2) is 46.2 Å². The number of aromatic amines is 1. The van der Waals surface area contributed by atoms with Crippen LogP contribution in [0.3, 0.4) is 0 Å². The molecule has 0 unspecified atom stereocenters. The van der Waals surface area contributed by atoms with Gasteiger partial charge < -0.3 is 0 Å². The number of benzene rings is 2. The molecule has 4 nitrogen and oxygen atoms in total. The molecule has 0 atom stereocenters. The first kappa shape index (κ1) is 13.2. The van der Waals surface area contributed by atoms with Gasteiger partial charge in [0, 0.05) is 16.2 Å². The Morgan fingerprint density at radius 3 is 2.55 bits per heavy atom. The van der Waals surface area contributed by atoms with Crippen LogP contribution in [0.2, 0.25) is 0 Å². The van der Waals surface area contributed by atoms with Crippen LogP contribution in [0.1, 0.15) is 22.5 Å². The maximum absolute atomic E-state index is 13.5. The molecule has 1 aliphatic heterocycles. The van der Waals surface area contributed by atoms with Gasteiger partial charge in [0.05, 0.1) is 0 Å². The molecule has 1 N–H and O–H groups in total. The van der Waals surface area contributed by atoms with E-state index in [2.05, 4.69) is 44.9 Å². The number of halogens is 1. The average Bonchev–Trinajstić information content (AvgIpc) is 2.94. The predicted octanol–water partition coefficient (Wildman–Crippen LogP) is 3.56. The fraction of sp³-hybridized carbons (Fsp3) is 0.0625. The molecule has 2 aromatic carbocycles. The predicted molar refractivity (Wildman–Crippen MR) is 82.9 cm³/mol. The van der Waals surface area contributed by atoms with Gasteiger partial charge in [-0.05, 0) is 34.9 Å². The lowest BCUT2D eigenvalue weighted by atomic mass is 10.1.